The topological polar surface area (TPSA) is 51.2 Å². The number of benzene rings is 2. The van der Waals surface area contributed by atoms with Crippen LogP contribution in [0.3, 0.4) is 0 Å². The number of fused-ring (bicyclic) bond motifs is 1. The van der Waals surface area contributed by atoms with Gasteiger partial charge >= 0.3 is 5.97 Å². The molecule has 128 valence electrons. The molecule has 0 aliphatic carbocycles. The minimum Gasteiger partial charge on any atom is -0.462 e. The Balaban J connectivity index is 2.24. The molecule has 0 saturated carbocycles. The molecule has 0 saturated heterocycles. The normalized spacial score (nSPS) is 10.7. The number of hydrogen-bond acceptors (Lipinski definition) is 4. The summed E-state index contributed by atoms with van der Waals surface area (Å²) < 4.78 is 5.16. The Labute approximate surface area is 155 Å². The molecule has 4 nitrogen and oxygen atoms in total. The van der Waals surface area contributed by atoms with Gasteiger partial charge in [0.05, 0.1) is 28.5 Å². The molecule has 1 heterocycles. The van der Waals surface area contributed by atoms with Crippen molar-refractivity contribution >= 4 is 51.4 Å². The van der Waals surface area contributed by atoms with E-state index in [0.29, 0.717) is 27.0 Å². The summed E-state index contributed by atoms with van der Waals surface area (Å²) in [5, 5.41) is 5.19. The van der Waals surface area contributed by atoms with E-state index in [2.05, 4.69) is 10.3 Å². The highest BCUT2D eigenvalue weighted by atomic mass is 35.5. The molecule has 3 aromatic rings. The smallest absolute Gasteiger partial charge is 0.341 e. The molecule has 25 heavy (non-hydrogen) atoms. The molecule has 0 amide bonds. The zero-order chi connectivity index (χ0) is 18.0. The maximum absolute atomic E-state index is 12.4. The van der Waals surface area contributed by atoms with Gasteiger partial charge < -0.3 is 10.1 Å². The summed E-state index contributed by atoms with van der Waals surface area (Å²) in [4.78, 5) is 16.8. The highest BCUT2D eigenvalue weighted by molar-refractivity contribution is 6.33. The Bertz CT molecular complexity index is 958. The number of aryl methyl sites for hydroxylation is 1. The molecule has 1 N–H and O–H groups in total. The van der Waals surface area contributed by atoms with Gasteiger partial charge in [-0.2, -0.15) is 0 Å². The zero-order valence-corrected chi connectivity index (χ0v) is 15.3. The van der Waals surface area contributed by atoms with E-state index in [0.717, 1.165) is 16.5 Å². The van der Waals surface area contributed by atoms with Crippen molar-refractivity contribution in [1.82, 2.24) is 4.98 Å². The first-order valence-corrected chi connectivity index (χ1v) is 8.55. The molecule has 0 spiro atoms. The maximum atomic E-state index is 12.4. The third kappa shape index (κ3) is 3.41. The van der Waals surface area contributed by atoms with Gasteiger partial charge in [-0.1, -0.05) is 35.3 Å². The Morgan fingerprint density at radius 3 is 2.64 bits per heavy atom. The predicted octanol–water partition coefficient (Wildman–Crippen LogP) is 5.77. The molecule has 1 aromatic heterocycles. The van der Waals surface area contributed by atoms with E-state index in [1.807, 2.05) is 31.2 Å². The summed E-state index contributed by atoms with van der Waals surface area (Å²) in [5.41, 5.74) is 3.19. The van der Waals surface area contributed by atoms with E-state index in [4.69, 9.17) is 27.9 Å². The van der Waals surface area contributed by atoms with Gasteiger partial charge in [-0.05, 0) is 43.7 Å². The van der Waals surface area contributed by atoms with E-state index in [-0.39, 0.29) is 6.61 Å². The fraction of sp³-hybridized carbons (Fsp3) is 0.158. The summed E-state index contributed by atoms with van der Waals surface area (Å²) in [6.45, 7) is 3.93. The molecule has 3 rings (SSSR count). The number of carbonyl (C=O) groups is 1. The van der Waals surface area contributed by atoms with Crippen molar-refractivity contribution in [1.29, 1.82) is 0 Å². The van der Waals surface area contributed by atoms with Crippen LogP contribution in [0.2, 0.25) is 10.0 Å². The van der Waals surface area contributed by atoms with Crippen molar-refractivity contribution < 1.29 is 9.53 Å². The van der Waals surface area contributed by atoms with E-state index in [1.165, 1.54) is 6.20 Å². The van der Waals surface area contributed by atoms with Gasteiger partial charge in [0.2, 0.25) is 0 Å². The number of nitrogens with one attached hydrogen (secondary N) is 1. The first-order chi connectivity index (χ1) is 12.0. The van der Waals surface area contributed by atoms with Gasteiger partial charge in [-0.25, -0.2) is 4.79 Å². The second kappa shape index (κ2) is 7.30. The molecule has 0 atom stereocenters. The van der Waals surface area contributed by atoms with Crippen molar-refractivity contribution in [2.24, 2.45) is 0 Å². The average Bonchev–Trinajstić information content (AvgIpc) is 2.60. The number of nitrogens with zero attached hydrogens (tertiary/aromatic N) is 1. The largest absolute Gasteiger partial charge is 0.462 e. The number of anilines is 2. The summed E-state index contributed by atoms with van der Waals surface area (Å²) in [6, 6.07) is 10.9. The van der Waals surface area contributed by atoms with Crippen molar-refractivity contribution in [3.8, 4) is 0 Å². The van der Waals surface area contributed by atoms with Crippen LogP contribution in [0.25, 0.3) is 10.9 Å². The SMILES string of the molecule is CCOC(=O)c1cnc2c(C)c(Cl)ccc2c1Nc1ccccc1Cl. The third-order valence-electron chi connectivity index (χ3n) is 3.86. The minimum atomic E-state index is -0.445. The second-order valence-corrected chi connectivity index (χ2v) is 6.26. The van der Waals surface area contributed by atoms with Crippen LogP contribution >= 0.6 is 23.2 Å². The first kappa shape index (κ1) is 17.5. The Morgan fingerprint density at radius 2 is 1.92 bits per heavy atom. The average molecular weight is 375 g/mol. The molecule has 0 unspecified atom stereocenters. The van der Waals surface area contributed by atoms with Crippen molar-refractivity contribution in [2.45, 2.75) is 13.8 Å². The van der Waals surface area contributed by atoms with E-state index in [9.17, 15) is 4.79 Å². The Hall–Kier alpha value is -2.30. The number of halogens is 2. The summed E-state index contributed by atoms with van der Waals surface area (Å²) >= 11 is 12.5. The van der Waals surface area contributed by atoms with Gasteiger partial charge in [0.1, 0.15) is 5.56 Å². The fourth-order valence-electron chi connectivity index (χ4n) is 2.58. The number of rotatable bonds is 4. The van der Waals surface area contributed by atoms with Crippen LogP contribution in [0, 0.1) is 6.92 Å². The standard InChI is InChI=1S/C19H16Cl2N2O2/c1-3-25-19(24)13-10-22-17-11(2)14(20)9-8-12(17)18(13)23-16-7-5-4-6-15(16)21/h4-10H,3H2,1-2H3,(H,22,23). The van der Waals surface area contributed by atoms with Crippen LogP contribution < -0.4 is 5.32 Å². The van der Waals surface area contributed by atoms with E-state index >= 15 is 0 Å². The van der Waals surface area contributed by atoms with Gasteiger partial charge in [0.25, 0.3) is 0 Å². The minimum absolute atomic E-state index is 0.280. The van der Waals surface area contributed by atoms with Crippen LogP contribution in [-0.2, 0) is 4.74 Å². The number of aromatic nitrogens is 1. The summed E-state index contributed by atoms with van der Waals surface area (Å²) in [7, 11) is 0. The van der Waals surface area contributed by atoms with E-state index in [1.54, 1.807) is 19.1 Å². The van der Waals surface area contributed by atoms with Crippen LogP contribution in [-0.4, -0.2) is 17.6 Å². The molecule has 6 heteroatoms. The monoisotopic (exact) mass is 374 g/mol. The van der Waals surface area contributed by atoms with Gasteiger partial charge in [-0.15, -0.1) is 0 Å². The number of ether oxygens (including phenoxy) is 1. The molecule has 0 fully saturated rings. The van der Waals surface area contributed by atoms with E-state index < -0.39 is 5.97 Å². The lowest BCUT2D eigenvalue weighted by Crippen LogP contribution is -2.09. The lowest BCUT2D eigenvalue weighted by Gasteiger charge is -2.16. The highest BCUT2D eigenvalue weighted by Crippen LogP contribution is 2.35. The predicted molar refractivity (Wildman–Crippen MR) is 102 cm³/mol. The third-order valence-corrected chi connectivity index (χ3v) is 4.59. The molecule has 0 radical (unpaired) electrons. The van der Waals surface area contributed by atoms with Gasteiger partial charge in [0, 0.05) is 16.6 Å². The molecular weight excluding hydrogens is 359 g/mol. The van der Waals surface area contributed by atoms with Crippen LogP contribution in [0.4, 0.5) is 11.4 Å². The number of carbonyl (C=O) groups excluding carboxylic acids is 1. The Kier molecular flexibility index (Phi) is 5.11. The molecule has 2 aromatic carbocycles. The number of pyridine rings is 1. The lowest BCUT2D eigenvalue weighted by atomic mass is 10.1. The van der Waals surface area contributed by atoms with Crippen molar-refractivity contribution in [3.63, 3.8) is 0 Å². The zero-order valence-electron chi connectivity index (χ0n) is 13.8. The molecule has 0 bridgehead atoms. The quantitative estimate of drug-likeness (QED) is 0.588. The summed E-state index contributed by atoms with van der Waals surface area (Å²) in [5.74, 6) is -0.445. The maximum Gasteiger partial charge on any atom is 0.341 e. The molecule has 0 aliphatic heterocycles. The van der Waals surface area contributed by atoms with Gasteiger partial charge in [0.15, 0.2) is 0 Å². The molecular formula is C19H16Cl2N2O2. The molecule has 0 aliphatic rings. The van der Waals surface area contributed by atoms with Gasteiger partial charge in [-0.3, -0.25) is 4.98 Å². The van der Waals surface area contributed by atoms with Crippen LogP contribution in [0.5, 0.6) is 0 Å². The lowest BCUT2D eigenvalue weighted by molar-refractivity contribution is 0.0527. The highest BCUT2D eigenvalue weighted by Gasteiger charge is 2.19. The Morgan fingerprint density at radius 1 is 1.16 bits per heavy atom. The second-order valence-electron chi connectivity index (χ2n) is 5.44. The summed E-state index contributed by atoms with van der Waals surface area (Å²) in [6.07, 6.45) is 1.50. The van der Waals surface area contributed by atoms with Crippen molar-refractivity contribution in [3.05, 3.63) is 63.8 Å². The number of para-hydroxylation sites is 1. The first-order valence-electron chi connectivity index (χ1n) is 7.79. The van der Waals surface area contributed by atoms with Crippen LogP contribution in [0.1, 0.15) is 22.8 Å². The van der Waals surface area contributed by atoms with Crippen molar-refractivity contribution in [2.75, 3.05) is 11.9 Å². The fourth-order valence-corrected chi connectivity index (χ4v) is 2.91. The number of hydrogen-bond donors (Lipinski definition) is 1. The van der Waals surface area contributed by atoms with Crippen LogP contribution in [0.15, 0.2) is 42.6 Å². The number of esters is 1.